The van der Waals surface area contributed by atoms with E-state index in [1.54, 1.807) is 10.4 Å². The molecule has 1 heterocycles. The quantitative estimate of drug-likeness (QED) is 0.793. The van der Waals surface area contributed by atoms with Gasteiger partial charge < -0.3 is 5.32 Å². The number of nitrogens with one attached hydrogen (secondary N) is 1. The highest BCUT2D eigenvalue weighted by atomic mass is 32.1. The molecule has 0 saturated carbocycles. The fourth-order valence-corrected chi connectivity index (χ4v) is 4.16. The van der Waals surface area contributed by atoms with Crippen molar-refractivity contribution in [1.29, 1.82) is 0 Å². The van der Waals surface area contributed by atoms with Crippen LogP contribution in [0.2, 0.25) is 0 Å². The van der Waals surface area contributed by atoms with Crippen LogP contribution < -0.4 is 5.32 Å². The van der Waals surface area contributed by atoms with E-state index >= 15 is 0 Å². The topological polar surface area (TPSA) is 12.0 Å². The summed E-state index contributed by atoms with van der Waals surface area (Å²) in [7, 11) is 0. The van der Waals surface area contributed by atoms with E-state index in [4.69, 9.17) is 0 Å². The lowest BCUT2D eigenvalue weighted by atomic mass is 9.79. The first-order valence-corrected chi connectivity index (χ1v) is 8.40. The Balaban J connectivity index is 2.11. The number of rotatable bonds is 6. The smallest absolute Gasteiger partial charge is 0.0139 e. The molecule has 0 radical (unpaired) electrons. The van der Waals surface area contributed by atoms with Crippen molar-refractivity contribution in [3.8, 4) is 0 Å². The third-order valence-electron chi connectivity index (χ3n) is 3.97. The maximum absolute atomic E-state index is 3.81. The Bertz CT molecular complexity index is 356. The summed E-state index contributed by atoms with van der Waals surface area (Å²) < 4.78 is 0. The maximum atomic E-state index is 3.81. The minimum Gasteiger partial charge on any atom is -0.313 e. The monoisotopic (exact) mass is 265 g/mol. The summed E-state index contributed by atoms with van der Waals surface area (Å²) >= 11 is 1.96. The normalized spacial score (nSPS) is 21.0. The number of thiophene rings is 1. The Morgan fingerprint density at radius 2 is 2.28 bits per heavy atom. The molecule has 1 aliphatic carbocycles. The summed E-state index contributed by atoms with van der Waals surface area (Å²) in [5.41, 5.74) is 1.65. The van der Waals surface area contributed by atoms with Crippen LogP contribution in [0.3, 0.4) is 0 Å². The molecule has 0 saturated heterocycles. The van der Waals surface area contributed by atoms with Gasteiger partial charge in [0.2, 0.25) is 0 Å². The standard InChI is InChI=1S/C16H27NS/c1-4-9-17-15(11-12(2)3)13-6-5-7-16-14(13)8-10-18-16/h8,10,12-13,15,17H,4-7,9,11H2,1-3H3. The molecule has 1 N–H and O–H groups in total. The van der Waals surface area contributed by atoms with E-state index in [1.807, 2.05) is 11.3 Å². The fraction of sp³-hybridized carbons (Fsp3) is 0.750. The first-order valence-electron chi connectivity index (χ1n) is 7.52. The van der Waals surface area contributed by atoms with Gasteiger partial charge in [0.05, 0.1) is 0 Å². The molecule has 102 valence electrons. The van der Waals surface area contributed by atoms with Crippen molar-refractivity contribution in [2.75, 3.05) is 6.54 Å². The number of fused-ring (bicyclic) bond motifs is 1. The molecule has 1 aromatic rings. The fourth-order valence-electron chi connectivity index (χ4n) is 3.17. The lowest BCUT2D eigenvalue weighted by Crippen LogP contribution is -2.37. The number of hydrogen-bond donors (Lipinski definition) is 1. The van der Waals surface area contributed by atoms with Crippen LogP contribution in [0.5, 0.6) is 0 Å². The van der Waals surface area contributed by atoms with Crippen molar-refractivity contribution in [1.82, 2.24) is 5.32 Å². The van der Waals surface area contributed by atoms with Crippen LogP contribution in [0.1, 0.15) is 62.8 Å². The Labute approximate surface area is 116 Å². The summed E-state index contributed by atoms with van der Waals surface area (Å²) in [5.74, 6) is 1.54. The lowest BCUT2D eigenvalue weighted by molar-refractivity contribution is 0.340. The Hall–Kier alpha value is -0.340. The lowest BCUT2D eigenvalue weighted by Gasteiger charge is -2.32. The van der Waals surface area contributed by atoms with E-state index < -0.39 is 0 Å². The van der Waals surface area contributed by atoms with Crippen LogP contribution in [0.4, 0.5) is 0 Å². The number of aryl methyl sites for hydroxylation is 1. The largest absolute Gasteiger partial charge is 0.313 e. The average Bonchev–Trinajstić information content (AvgIpc) is 2.82. The van der Waals surface area contributed by atoms with Crippen molar-refractivity contribution < 1.29 is 0 Å². The van der Waals surface area contributed by atoms with Gasteiger partial charge >= 0.3 is 0 Å². The average molecular weight is 265 g/mol. The molecular formula is C16H27NS. The zero-order valence-corrected chi connectivity index (χ0v) is 12.9. The number of hydrogen-bond acceptors (Lipinski definition) is 2. The summed E-state index contributed by atoms with van der Waals surface area (Å²) in [6.45, 7) is 8.11. The third kappa shape index (κ3) is 3.36. The van der Waals surface area contributed by atoms with E-state index in [0.717, 1.165) is 18.4 Å². The van der Waals surface area contributed by atoms with Crippen molar-refractivity contribution in [2.45, 2.75) is 64.8 Å². The van der Waals surface area contributed by atoms with E-state index in [2.05, 4.69) is 37.5 Å². The van der Waals surface area contributed by atoms with Crippen LogP contribution in [0.25, 0.3) is 0 Å². The Morgan fingerprint density at radius 1 is 1.44 bits per heavy atom. The molecule has 0 aromatic carbocycles. The molecule has 2 heteroatoms. The molecule has 2 rings (SSSR count). The summed E-state index contributed by atoms with van der Waals surface area (Å²) in [4.78, 5) is 1.65. The second kappa shape index (κ2) is 6.72. The molecule has 1 aromatic heterocycles. The summed E-state index contributed by atoms with van der Waals surface area (Å²) in [6.07, 6.45) is 6.60. The van der Waals surface area contributed by atoms with E-state index in [-0.39, 0.29) is 0 Å². The zero-order valence-electron chi connectivity index (χ0n) is 12.0. The van der Waals surface area contributed by atoms with E-state index in [1.165, 1.54) is 32.1 Å². The minimum absolute atomic E-state index is 0.679. The van der Waals surface area contributed by atoms with Crippen LogP contribution in [-0.4, -0.2) is 12.6 Å². The first-order chi connectivity index (χ1) is 8.72. The molecule has 0 bridgehead atoms. The van der Waals surface area contributed by atoms with Gasteiger partial charge in [-0.15, -0.1) is 11.3 Å². The van der Waals surface area contributed by atoms with Gasteiger partial charge in [0, 0.05) is 16.8 Å². The van der Waals surface area contributed by atoms with Gasteiger partial charge in [-0.3, -0.25) is 0 Å². The van der Waals surface area contributed by atoms with Crippen molar-refractivity contribution in [2.24, 2.45) is 5.92 Å². The maximum Gasteiger partial charge on any atom is 0.0139 e. The highest BCUT2D eigenvalue weighted by molar-refractivity contribution is 7.10. The molecule has 2 atom stereocenters. The van der Waals surface area contributed by atoms with Crippen LogP contribution >= 0.6 is 11.3 Å². The minimum atomic E-state index is 0.679. The molecule has 0 spiro atoms. The molecule has 1 aliphatic rings. The van der Waals surface area contributed by atoms with E-state index in [9.17, 15) is 0 Å². The Morgan fingerprint density at radius 3 is 3.00 bits per heavy atom. The van der Waals surface area contributed by atoms with Gasteiger partial charge in [0.1, 0.15) is 0 Å². The highest BCUT2D eigenvalue weighted by Gasteiger charge is 2.28. The molecule has 0 amide bonds. The second-order valence-corrected chi connectivity index (χ2v) is 6.99. The van der Waals surface area contributed by atoms with Gasteiger partial charge in [0.25, 0.3) is 0 Å². The second-order valence-electron chi connectivity index (χ2n) is 5.99. The van der Waals surface area contributed by atoms with Crippen LogP contribution in [-0.2, 0) is 6.42 Å². The van der Waals surface area contributed by atoms with Gasteiger partial charge in [-0.2, -0.15) is 0 Å². The molecule has 2 unspecified atom stereocenters. The molecule has 18 heavy (non-hydrogen) atoms. The highest BCUT2D eigenvalue weighted by Crippen LogP contribution is 2.38. The first kappa shape index (κ1) is 14.1. The third-order valence-corrected chi connectivity index (χ3v) is 4.96. The van der Waals surface area contributed by atoms with Gasteiger partial charge in [-0.25, -0.2) is 0 Å². The van der Waals surface area contributed by atoms with Gasteiger partial charge in [-0.05, 0) is 61.6 Å². The van der Waals surface area contributed by atoms with Crippen LogP contribution in [0, 0.1) is 5.92 Å². The molecule has 0 fully saturated rings. The van der Waals surface area contributed by atoms with Gasteiger partial charge in [0.15, 0.2) is 0 Å². The Kier molecular flexibility index (Phi) is 5.25. The zero-order chi connectivity index (χ0) is 13.0. The molecular weight excluding hydrogens is 238 g/mol. The summed E-state index contributed by atoms with van der Waals surface area (Å²) in [6, 6.07) is 3.06. The van der Waals surface area contributed by atoms with Crippen molar-refractivity contribution in [3.05, 3.63) is 21.9 Å². The van der Waals surface area contributed by atoms with Gasteiger partial charge in [-0.1, -0.05) is 20.8 Å². The van der Waals surface area contributed by atoms with Crippen molar-refractivity contribution >= 4 is 11.3 Å². The predicted octanol–water partition coefficient (Wildman–Crippen LogP) is 4.58. The molecule has 0 aliphatic heterocycles. The summed E-state index contributed by atoms with van der Waals surface area (Å²) in [5, 5.41) is 6.09. The van der Waals surface area contributed by atoms with Crippen LogP contribution in [0.15, 0.2) is 11.4 Å². The van der Waals surface area contributed by atoms with Crippen molar-refractivity contribution in [3.63, 3.8) is 0 Å². The molecule has 1 nitrogen and oxygen atoms in total. The predicted molar refractivity (Wildman–Crippen MR) is 81.5 cm³/mol. The SMILES string of the molecule is CCCNC(CC(C)C)C1CCCc2sccc21. The van der Waals surface area contributed by atoms with E-state index in [0.29, 0.717) is 6.04 Å².